The lowest BCUT2D eigenvalue weighted by Gasteiger charge is -2.16. The maximum atomic E-state index is 12.6. The Bertz CT molecular complexity index is 909. The number of benzene rings is 2. The zero-order valence-corrected chi connectivity index (χ0v) is 16.3. The summed E-state index contributed by atoms with van der Waals surface area (Å²) in [6.45, 7) is 5.97. The normalized spacial score (nSPS) is 11.7. The molecule has 0 radical (unpaired) electrons. The minimum Gasteiger partial charge on any atom is -0.489 e. The van der Waals surface area contributed by atoms with Crippen LogP contribution >= 0.6 is 0 Å². The van der Waals surface area contributed by atoms with Crippen molar-refractivity contribution in [2.45, 2.75) is 32.9 Å². The molecule has 5 heteroatoms. The van der Waals surface area contributed by atoms with Crippen molar-refractivity contribution in [1.29, 1.82) is 0 Å². The van der Waals surface area contributed by atoms with Gasteiger partial charge in [0, 0.05) is 12.2 Å². The number of carbonyl (C=O) groups is 1. The Kier molecular flexibility index (Phi) is 6.27. The molecule has 0 spiro atoms. The molecule has 0 aliphatic carbocycles. The molecular weight excluding hydrogens is 350 g/mol. The second kappa shape index (κ2) is 9.04. The number of nitrogens with zero attached hydrogens (tertiary/aromatic N) is 1. The molecule has 144 valence electrons. The summed E-state index contributed by atoms with van der Waals surface area (Å²) in [5.74, 6) is 1.14. The summed E-state index contributed by atoms with van der Waals surface area (Å²) in [5, 5.41) is 6.24. The molecule has 1 atom stereocenters. The molecule has 3 rings (SSSR count). The van der Waals surface area contributed by atoms with Crippen LogP contribution in [0.15, 0.2) is 72.9 Å². The highest BCUT2D eigenvalue weighted by atomic mass is 16.5. The molecule has 0 fully saturated rings. The van der Waals surface area contributed by atoms with E-state index in [1.807, 2.05) is 62.4 Å². The van der Waals surface area contributed by atoms with Gasteiger partial charge < -0.3 is 15.4 Å². The number of ether oxygens (including phenoxy) is 1. The number of carbonyl (C=O) groups excluding carboxylic acids is 1. The Balaban J connectivity index is 1.66. The molecule has 2 N–H and O–H groups in total. The third-order valence-electron chi connectivity index (χ3n) is 4.19. The topological polar surface area (TPSA) is 63.2 Å². The van der Waals surface area contributed by atoms with Gasteiger partial charge in [-0.15, -0.1) is 0 Å². The van der Waals surface area contributed by atoms with Gasteiger partial charge in [0.25, 0.3) is 5.91 Å². The number of pyridine rings is 1. The van der Waals surface area contributed by atoms with Gasteiger partial charge in [-0.25, -0.2) is 4.98 Å². The van der Waals surface area contributed by atoms with E-state index in [1.54, 1.807) is 12.3 Å². The average molecular weight is 375 g/mol. The van der Waals surface area contributed by atoms with Crippen molar-refractivity contribution >= 4 is 17.4 Å². The predicted molar refractivity (Wildman–Crippen MR) is 113 cm³/mol. The van der Waals surface area contributed by atoms with Crippen LogP contribution in [0.2, 0.25) is 0 Å². The van der Waals surface area contributed by atoms with Crippen molar-refractivity contribution in [2.24, 2.45) is 0 Å². The van der Waals surface area contributed by atoms with E-state index in [-0.39, 0.29) is 18.1 Å². The van der Waals surface area contributed by atoms with Crippen LogP contribution in [0.25, 0.3) is 0 Å². The average Bonchev–Trinajstić information content (AvgIpc) is 2.70. The maximum Gasteiger partial charge on any atom is 0.257 e. The first-order chi connectivity index (χ1) is 13.5. The molecule has 1 heterocycles. The molecule has 0 aliphatic heterocycles. The van der Waals surface area contributed by atoms with Crippen LogP contribution in [-0.2, 0) is 0 Å². The van der Waals surface area contributed by atoms with Crippen molar-refractivity contribution in [3.63, 3.8) is 0 Å². The number of aromatic nitrogens is 1. The maximum absolute atomic E-state index is 12.6. The van der Waals surface area contributed by atoms with Crippen molar-refractivity contribution < 1.29 is 9.53 Å². The largest absolute Gasteiger partial charge is 0.489 e. The zero-order valence-electron chi connectivity index (χ0n) is 16.3. The fourth-order valence-electron chi connectivity index (χ4n) is 2.78. The molecule has 1 aromatic heterocycles. The highest BCUT2D eigenvalue weighted by Crippen LogP contribution is 2.25. The summed E-state index contributed by atoms with van der Waals surface area (Å²) in [6.07, 6.45) is 1.60. The highest BCUT2D eigenvalue weighted by molar-refractivity contribution is 6.04. The van der Waals surface area contributed by atoms with Gasteiger partial charge >= 0.3 is 0 Å². The lowest BCUT2D eigenvalue weighted by atomic mass is 10.1. The first-order valence-electron chi connectivity index (χ1n) is 9.37. The van der Waals surface area contributed by atoms with Crippen LogP contribution in [-0.4, -0.2) is 17.0 Å². The summed E-state index contributed by atoms with van der Waals surface area (Å²) in [6, 6.07) is 21.2. The minimum absolute atomic E-state index is 0.0247. The highest BCUT2D eigenvalue weighted by Gasteiger charge is 2.12. The van der Waals surface area contributed by atoms with Crippen LogP contribution in [0.4, 0.5) is 11.5 Å². The Morgan fingerprint density at radius 2 is 1.64 bits per heavy atom. The number of hydrogen-bond acceptors (Lipinski definition) is 4. The summed E-state index contributed by atoms with van der Waals surface area (Å²) in [4.78, 5) is 17.0. The molecule has 0 saturated carbocycles. The van der Waals surface area contributed by atoms with Crippen molar-refractivity contribution in [2.75, 3.05) is 10.6 Å². The lowest BCUT2D eigenvalue weighted by molar-refractivity contribution is 0.102. The van der Waals surface area contributed by atoms with Gasteiger partial charge in [0.1, 0.15) is 11.6 Å². The third kappa shape index (κ3) is 5.10. The van der Waals surface area contributed by atoms with E-state index in [9.17, 15) is 4.79 Å². The fraction of sp³-hybridized carbons (Fsp3) is 0.217. The van der Waals surface area contributed by atoms with Crippen molar-refractivity contribution in [1.82, 2.24) is 4.98 Å². The van der Waals surface area contributed by atoms with E-state index >= 15 is 0 Å². The standard InChI is InChI=1S/C23H25N3O2/c1-16(2)28-21-12-8-7-11-20(21)26-23(27)19-13-14-22(24-15-19)25-17(3)18-9-5-4-6-10-18/h4-17H,1-3H3,(H,24,25)(H,26,27). The number of anilines is 2. The van der Waals surface area contributed by atoms with Gasteiger partial charge in [0.05, 0.1) is 17.4 Å². The number of amides is 1. The number of para-hydroxylation sites is 2. The van der Waals surface area contributed by atoms with Gasteiger partial charge in [-0.3, -0.25) is 4.79 Å². The number of rotatable bonds is 7. The van der Waals surface area contributed by atoms with Crippen molar-refractivity contribution in [3.05, 3.63) is 84.1 Å². The Labute approximate surface area is 165 Å². The molecule has 0 aliphatic rings. The smallest absolute Gasteiger partial charge is 0.257 e. The van der Waals surface area contributed by atoms with E-state index in [0.717, 1.165) is 5.82 Å². The van der Waals surface area contributed by atoms with Crippen LogP contribution in [0.3, 0.4) is 0 Å². The van der Waals surface area contributed by atoms with E-state index in [4.69, 9.17) is 4.74 Å². The van der Waals surface area contributed by atoms with Gasteiger partial charge in [0.15, 0.2) is 0 Å². The predicted octanol–water partition coefficient (Wildman–Crippen LogP) is 5.29. The molecule has 0 bridgehead atoms. The van der Waals surface area contributed by atoms with Crippen LogP contribution < -0.4 is 15.4 Å². The summed E-state index contributed by atoms with van der Waals surface area (Å²) < 4.78 is 5.75. The van der Waals surface area contributed by atoms with Crippen molar-refractivity contribution in [3.8, 4) is 5.75 Å². The molecule has 0 saturated heterocycles. The summed E-state index contributed by atoms with van der Waals surface area (Å²) in [5.41, 5.74) is 2.30. The fourth-order valence-corrected chi connectivity index (χ4v) is 2.78. The number of nitrogens with one attached hydrogen (secondary N) is 2. The molecule has 28 heavy (non-hydrogen) atoms. The molecular formula is C23H25N3O2. The quantitative estimate of drug-likeness (QED) is 0.589. The lowest BCUT2D eigenvalue weighted by Crippen LogP contribution is -2.15. The van der Waals surface area contributed by atoms with Crippen LogP contribution in [0, 0.1) is 0 Å². The Hall–Kier alpha value is -3.34. The van der Waals surface area contributed by atoms with Crippen LogP contribution in [0.1, 0.15) is 42.7 Å². The first-order valence-corrected chi connectivity index (χ1v) is 9.37. The number of hydrogen-bond donors (Lipinski definition) is 2. The van der Waals surface area contributed by atoms with Gasteiger partial charge in [-0.2, -0.15) is 0 Å². The molecule has 5 nitrogen and oxygen atoms in total. The summed E-state index contributed by atoms with van der Waals surface area (Å²) in [7, 11) is 0. The second-order valence-electron chi connectivity index (χ2n) is 6.83. The Morgan fingerprint density at radius 3 is 2.32 bits per heavy atom. The second-order valence-corrected chi connectivity index (χ2v) is 6.83. The summed E-state index contributed by atoms with van der Waals surface area (Å²) >= 11 is 0. The van der Waals surface area contributed by atoms with E-state index in [1.165, 1.54) is 5.56 Å². The Morgan fingerprint density at radius 1 is 0.929 bits per heavy atom. The van der Waals surface area contributed by atoms with E-state index < -0.39 is 0 Å². The molecule has 2 aromatic carbocycles. The van der Waals surface area contributed by atoms with Gasteiger partial charge in [-0.05, 0) is 50.6 Å². The van der Waals surface area contributed by atoms with Crippen LogP contribution in [0.5, 0.6) is 5.75 Å². The monoisotopic (exact) mass is 375 g/mol. The molecule has 1 unspecified atom stereocenters. The zero-order chi connectivity index (χ0) is 19.9. The SMILES string of the molecule is CC(C)Oc1ccccc1NC(=O)c1ccc(NC(C)c2ccccc2)nc1. The molecule has 1 amide bonds. The van der Waals surface area contributed by atoms with Gasteiger partial charge in [-0.1, -0.05) is 42.5 Å². The molecule has 3 aromatic rings. The first kappa shape index (κ1) is 19.4. The van der Waals surface area contributed by atoms with E-state index in [2.05, 4.69) is 34.7 Å². The van der Waals surface area contributed by atoms with E-state index in [0.29, 0.717) is 17.0 Å². The van der Waals surface area contributed by atoms with Gasteiger partial charge in [0.2, 0.25) is 0 Å². The third-order valence-corrected chi connectivity index (χ3v) is 4.19. The minimum atomic E-state index is -0.227.